The van der Waals surface area contributed by atoms with Crippen LogP contribution in [0.2, 0.25) is 0 Å². The Bertz CT molecular complexity index is 301. The van der Waals surface area contributed by atoms with Gasteiger partial charge in [0.2, 0.25) is 10.0 Å². The number of piperidine rings is 1. The molecular weight excluding hydrogens is 212 g/mol. The zero-order valence-electron chi connectivity index (χ0n) is 9.20. The molecule has 1 heterocycles. The van der Waals surface area contributed by atoms with E-state index in [2.05, 4.69) is 23.5 Å². The van der Waals surface area contributed by atoms with Gasteiger partial charge in [-0.3, -0.25) is 0 Å². The first-order chi connectivity index (χ1) is 7.05. The van der Waals surface area contributed by atoms with Crippen molar-refractivity contribution < 1.29 is 8.42 Å². The highest BCUT2D eigenvalue weighted by Gasteiger charge is 2.24. The second-order valence-electron chi connectivity index (χ2n) is 4.09. The molecular formula is C10H20N2O2S. The van der Waals surface area contributed by atoms with Gasteiger partial charge in [0.15, 0.2) is 0 Å². The van der Waals surface area contributed by atoms with E-state index in [4.69, 9.17) is 0 Å². The van der Waals surface area contributed by atoms with Gasteiger partial charge in [-0.1, -0.05) is 13.0 Å². The van der Waals surface area contributed by atoms with Gasteiger partial charge in [0.25, 0.3) is 0 Å². The summed E-state index contributed by atoms with van der Waals surface area (Å²) < 4.78 is 26.0. The molecule has 0 aromatic carbocycles. The van der Waals surface area contributed by atoms with Crippen molar-refractivity contribution in [1.82, 2.24) is 10.0 Å². The fourth-order valence-corrected chi connectivity index (χ4v) is 3.12. The van der Waals surface area contributed by atoms with E-state index in [-0.39, 0.29) is 11.8 Å². The Balaban J connectivity index is 2.48. The van der Waals surface area contributed by atoms with Crippen molar-refractivity contribution in [3.63, 3.8) is 0 Å². The van der Waals surface area contributed by atoms with Gasteiger partial charge in [0, 0.05) is 6.04 Å². The van der Waals surface area contributed by atoms with Gasteiger partial charge < -0.3 is 5.32 Å². The first kappa shape index (κ1) is 12.7. The van der Waals surface area contributed by atoms with Crippen LogP contribution in [0.1, 0.15) is 19.8 Å². The average molecular weight is 232 g/mol. The van der Waals surface area contributed by atoms with E-state index >= 15 is 0 Å². The van der Waals surface area contributed by atoms with E-state index < -0.39 is 10.0 Å². The Morgan fingerprint density at radius 2 is 2.33 bits per heavy atom. The minimum Gasteiger partial charge on any atom is -0.316 e. The van der Waals surface area contributed by atoms with E-state index in [1.807, 2.05) is 0 Å². The topological polar surface area (TPSA) is 58.2 Å². The van der Waals surface area contributed by atoms with Crippen molar-refractivity contribution in [3.05, 3.63) is 12.7 Å². The van der Waals surface area contributed by atoms with Crippen LogP contribution in [0.25, 0.3) is 0 Å². The third-order valence-corrected chi connectivity index (χ3v) is 4.14. The molecule has 0 amide bonds. The molecule has 0 aromatic rings. The Labute approximate surface area is 92.2 Å². The van der Waals surface area contributed by atoms with Gasteiger partial charge in [-0.2, -0.15) is 0 Å². The molecule has 1 aliphatic heterocycles. The van der Waals surface area contributed by atoms with Gasteiger partial charge >= 0.3 is 0 Å². The predicted molar refractivity (Wildman–Crippen MR) is 62.2 cm³/mol. The lowest BCUT2D eigenvalue weighted by molar-refractivity contribution is 0.328. The van der Waals surface area contributed by atoms with Gasteiger partial charge in [-0.15, -0.1) is 6.58 Å². The maximum absolute atomic E-state index is 11.6. The van der Waals surface area contributed by atoms with Crippen LogP contribution in [-0.2, 0) is 10.0 Å². The van der Waals surface area contributed by atoms with Crippen molar-refractivity contribution in [3.8, 4) is 0 Å². The lowest BCUT2D eigenvalue weighted by Crippen LogP contribution is -2.48. The number of sulfonamides is 1. The van der Waals surface area contributed by atoms with E-state index in [0.717, 1.165) is 19.5 Å². The number of hydrogen-bond acceptors (Lipinski definition) is 3. The van der Waals surface area contributed by atoms with Crippen LogP contribution in [0, 0.1) is 5.92 Å². The highest BCUT2D eigenvalue weighted by molar-refractivity contribution is 7.89. The van der Waals surface area contributed by atoms with Crippen LogP contribution in [0.5, 0.6) is 0 Å². The summed E-state index contributed by atoms with van der Waals surface area (Å²) >= 11 is 0. The Morgan fingerprint density at radius 1 is 1.60 bits per heavy atom. The standard InChI is InChI=1S/C10H20N2O2S/c1-3-4-7-15(13,14)12-10-5-6-11-8-9(10)2/h3,9-12H,1,4-8H2,2H3. The van der Waals surface area contributed by atoms with Crippen LogP contribution < -0.4 is 10.0 Å². The molecule has 0 aliphatic carbocycles. The largest absolute Gasteiger partial charge is 0.316 e. The molecule has 1 saturated heterocycles. The quantitative estimate of drug-likeness (QED) is 0.678. The molecule has 15 heavy (non-hydrogen) atoms. The number of hydrogen-bond donors (Lipinski definition) is 2. The summed E-state index contributed by atoms with van der Waals surface area (Å²) in [6.45, 7) is 7.36. The number of nitrogens with one attached hydrogen (secondary N) is 2. The van der Waals surface area contributed by atoms with E-state index in [1.54, 1.807) is 6.08 Å². The Kier molecular flexibility index (Phi) is 4.76. The van der Waals surface area contributed by atoms with Gasteiger partial charge in [-0.05, 0) is 31.8 Å². The minimum absolute atomic E-state index is 0.0843. The van der Waals surface area contributed by atoms with E-state index in [1.165, 1.54) is 0 Å². The smallest absolute Gasteiger partial charge is 0.212 e. The molecule has 1 aliphatic rings. The second kappa shape index (κ2) is 5.63. The van der Waals surface area contributed by atoms with Gasteiger partial charge in [0.1, 0.15) is 0 Å². The van der Waals surface area contributed by atoms with Gasteiger partial charge in [0.05, 0.1) is 5.75 Å². The maximum atomic E-state index is 11.6. The first-order valence-corrected chi connectivity index (χ1v) is 7.02. The Morgan fingerprint density at radius 3 is 2.93 bits per heavy atom. The zero-order valence-corrected chi connectivity index (χ0v) is 10.0. The summed E-state index contributed by atoms with van der Waals surface area (Å²) in [5.41, 5.74) is 0. The lowest BCUT2D eigenvalue weighted by Gasteiger charge is -2.29. The molecule has 4 nitrogen and oxygen atoms in total. The molecule has 0 aromatic heterocycles. The minimum atomic E-state index is -3.13. The summed E-state index contributed by atoms with van der Waals surface area (Å²) in [5, 5.41) is 3.24. The lowest BCUT2D eigenvalue weighted by atomic mass is 9.97. The fraction of sp³-hybridized carbons (Fsp3) is 0.800. The zero-order chi connectivity index (χ0) is 11.3. The van der Waals surface area contributed by atoms with Crippen molar-refractivity contribution >= 4 is 10.0 Å². The molecule has 2 unspecified atom stereocenters. The Hall–Kier alpha value is -0.390. The summed E-state index contributed by atoms with van der Waals surface area (Å²) in [6.07, 6.45) is 3.01. The summed E-state index contributed by atoms with van der Waals surface area (Å²) in [4.78, 5) is 0. The van der Waals surface area contributed by atoms with Crippen LogP contribution >= 0.6 is 0 Å². The van der Waals surface area contributed by atoms with E-state index in [0.29, 0.717) is 12.3 Å². The third-order valence-electron chi connectivity index (χ3n) is 2.71. The molecule has 2 N–H and O–H groups in total. The third kappa shape index (κ3) is 4.32. The molecule has 88 valence electrons. The molecule has 0 saturated carbocycles. The maximum Gasteiger partial charge on any atom is 0.212 e. The van der Waals surface area contributed by atoms with Crippen molar-refractivity contribution in [2.75, 3.05) is 18.8 Å². The van der Waals surface area contributed by atoms with Crippen molar-refractivity contribution in [2.45, 2.75) is 25.8 Å². The SMILES string of the molecule is C=CCCS(=O)(=O)NC1CCNCC1C. The molecule has 0 spiro atoms. The van der Waals surface area contributed by atoms with Crippen LogP contribution in [-0.4, -0.2) is 33.3 Å². The average Bonchev–Trinajstić information content (AvgIpc) is 2.18. The number of rotatable bonds is 5. The number of allylic oxidation sites excluding steroid dienone is 1. The summed E-state index contributed by atoms with van der Waals surface area (Å²) in [6, 6.07) is 0.0843. The predicted octanol–water partition coefficient (Wildman–Crippen LogP) is 0.480. The molecule has 1 rings (SSSR count). The molecule has 0 radical (unpaired) electrons. The molecule has 1 fully saturated rings. The second-order valence-corrected chi connectivity index (χ2v) is 5.96. The monoisotopic (exact) mass is 232 g/mol. The van der Waals surface area contributed by atoms with Gasteiger partial charge in [-0.25, -0.2) is 13.1 Å². The molecule has 5 heteroatoms. The fourth-order valence-electron chi connectivity index (χ4n) is 1.72. The van der Waals surface area contributed by atoms with E-state index in [9.17, 15) is 8.42 Å². The van der Waals surface area contributed by atoms with Crippen LogP contribution in [0.15, 0.2) is 12.7 Å². The van der Waals surface area contributed by atoms with Crippen LogP contribution in [0.3, 0.4) is 0 Å². The normalized spacial score (nSPS) is 27.5. The molecule has 0 bridgehead atoms. The van der Waals surface area contributed by atoms with Crippen molar-refractivity contribution in [2.24, 2.45) is 5.92 Å². The highest BCUT2D eigenvalue weighted by atomic mass is 32.2. The molecule has 2 atom stereocenters. The van der Waals surface area contributed by atoms with Crippen molar-refractivity contribution in [1.29, 1.82) is 0 Å². The highest BCUT2D eigenvalue weighted by Crippen LogP contribution is 2.11. The first-order valence-electron chi connectivity index (χ1n) is 5.37. The summed E-state index contributed by atoms with van der Waals surface area (Å²) in [7, 11) is -3.13. The summed E-state index contributed by atoms with van der Waals surface area (Å²) in [5.74, 6) is 0.505. The van der Waals surface area contributed by atoms with Crippen LogP contribution in [0.4, 0.5) is 0 Å².